The summed E-state index contributed by atoms with van der Waals surface area (Å²) in [5, 5.41) is 2.97. The fourth-order valence-electron chi connectivity index (χ4n) is 1.58. The molecule has 1 nitrogen and oxygen atoms in total. The quantitative estimate of drug-likeness (QED) is 0.849. The zero-order chi connectivity index (χ0) is 12.3. The van der Waals surface area contributed by atoms with E-state index in [2.05, 4.69) is 12.2 Å². The van der Waals surface area contributed by atoms with Gasteiger partial charge in [0.1, 0.15) is 11.6 Å². The fraction of sp³-hybridized carbons (Fsp3) is 0.0714. The van der Waals surface area contributed by atoms with Crippen LogP contribution in [0.5, 0.6) is 0 Å². The van der Waals surface area contributed by atoms with Gasteiger partial charge in [0, 0.05) is 17.8 Å². The first-order chi connectivity index (χ1) is 8.18. The van der Waals surface area contributed by atoms with Crippen LogP contribution in [-0.4, -0.2) is 0 Å². The molecule has 0 bridgehead atoms. The first-order valence-electron chi connectivity index (χ1n) is 5.26. The molecule has 2 aromatic rings. The van der Waals surface area contributed by atoms with Crippen LogP contribution in [0.25, 0.3) is 0 Å². The van der Waals surface area contributed by atoms with Crippen molar-refractivity contribution in [3.05, 3.63) is 72.1 Å². The van der Waals surface area contributed by atoms with Crippen molar-refractivity contribution < 1.29 is 8.78 Å². The average Bonchev–Trinajstić information content (AvgIpc) is 2.30. The van der Waals surface area contributed by atoms with Crippen LogP contribution in [0.2, 0.25) is 0 Å². The van der Waals surface area contributed by atoms with Crippen LogP contribution < -0.4 is 5.32 Å². The van der Waals surface area contributed by atoms with Gasteiger partial charge in [-0.1, -0.05) is 24.3 Å². The first kappa shape index (κ1) is 11.6. The van der Waals surface area contributed by atoms with Gasteiger partial charge < -0.3 is 5.32 Å². The van der Waals surface area contributed by atoms with E-state index >= 15 is 0 Å². The number of hydrogen-bond acceptors (Lipinski definition) is 1. The van der Waals surface area contributed by atoms with Crippen LogP contribution in [0, 0.1) is 18.6 Å². The van der Waals surface area contributed by atoms with Crippen molar-refractivity contribution in [1.29, 1.82) is 0 Å². The number of nitrogens with one attached hydrogen (secondary N) is 1. The zero-order valence-electron chi connectivity index (χ0n) is 9.21. The molecule has 3 heteroatoms. The van der Waals surface area contributed by atoms with E-state index in [4.69, 9.17) is 0 Å². The van der Waals surface area contributed by atoms with Gasteiger partial charge in [-0.15, -0.1) is 0 Å². The van der Waals surface area contributed by atoms with Crippen LogP contribution in [0.4, 0.5) is 14.5 Å². The van der Waals surface area contributed by atoms with Crippen LogP contribution in [0.3, 0.4) is 0 Å². The second kappa shape index (κ2) is 4.95. The standard InChI is InChI=1S/C14H12F2N/c1-10-5-2-3-8-14(10)17-9-11-12(15)6-4-7-13(11)16/h2-8,17H,1,9H2. The molecule has 87 valence electrons. The van der Waals surface area contributed by atoms with E-state index in [1.54, 1.807) is 0 Å². The molecule has 0 amide bonds. The first-order valence-corrected chi connectivity index (χ1v) is 5.26. The van der Waals surface area contributed by atoms with Crippen LogP contribution >= 0.6 is 0 Å². The van der Waals surface area contributed by atoms with E-state index in [0.717, 1.165) is 11.3 Å². The summed E-state index contributed by atoms with van der Waals surface area (Å²) >= 11 is 0. The molecule has 0 aliphatic heterocycles. The summed E-state index contributed by atoms with van der Waals surface area (Å²) in [7, 11) is 0. The van der Waals surface area contributed by atoms with Crippen LogP contribution in [0.1, 0.15) is 11.1 Å². The Labute approximate surface area is 99.1 Å². The molecule has 0 unspecified atom stereocenters. The summed E-state index contributed by atoms with van der Waals surface area (Å²) in [4.78, 5) is 0. The van der Waals surface area contributed by atoms with Gasteiger partial charge in [-0.05, 0) is 30.7 Å². The van der Waals surface area contributed by atoms with E-state index in [9.17, 15) is 8.78 Å². The van der Waals surface area contributed by atoms with Gasteiger partial charge in [-0.2, -0.15) is 0 Å². The molecule has 0 heterocycles. The predicted octanol–water partition coefficient (Wildman–Crippen LogP) is 3.76. The summed E-state index contributed by atoms with van der Waals surface area (Å²) < 4.78 is 26.7. The largest absolute Gasteiger partial charge is 0.381 e. The summed E-state index contributed by atoms with van der Waals surface area (Å²) in [5.74, 6) is -1.09. The summed E-state index contributed by atoms with van der Waals surface area (Å²) in [6.45, 7) is 3.93. The molecule has 0 saturated heterocycles. The van der Waals surface area contributed by atoms with Crippen molar-refractivity contribution in [2.24, 2.45) is 0 Å². The zero-order valence-corrected chi connectivity index (χ0v) is 9.21. The molecule has 0 fully saturated rings. The molecule has 0 spiro atoms. The fourth-order valence-corrected chi connectivity index (χ4v) is 1.58. The number of rotatable bonds is 3. The highest BCUT2D eigenvalue weighted by molar-refractivity contribution is 5.52. The highest BCUT2D eigenvalue weighted by Crippen LogP contribution is 2.17. The Kier molecular flexibility index (Phi) is 3.38. The van der Waals surface area contributed by atoms with E-state index in [1.807, 2.05) is 24.3 Å². The maximum atomic E-state index is 13.4. The third kappa shape index (κ3) is 2.61. The molecule has 0 aromatic heterocycles. The molecule has 0 aliphatic carbocycles. The third-order valence-corrected chi connectivity index (χ3v) is 2.53. The predicted molar refractivity (Wildman–Crippen MR) is 64.6 cm³/mol. The number of anilines is 1. The number of para-hydroxylation sites is 1. The second-order valence-electron chi connectivity index (χ2n) is 3.71. The molecule has 0 atom stereocenters. The molecule has 0 saturated carbocycles. The summed E-state index contributed by atoms with van der Waals surface area (Å²) in [5.41, 5.74) is 1.61. The molecule has 17 heavy (non-hydrogen) atoms. The van der Waals surface area contributed by atoms with Gasteiger partial charge >= 0.3 is 0 Å². The number of benzene rings is 2. The topological polar surface area (TPSA) is 12.0 Å². The van der Waals surface area contributed by atoms with Crippen molar-refractivity contribution in [3.63, 3.8) is 0 Å². The Morgan fingerprint density at radius 1 is 0.941 bits per heavy atom. The monoisotopic (exact) mass is 232 g/mol. The SMILES string of the molecule is [CH2]c1ccccc1NCc1c(F)cccc1F. The maximum absolute atomic E-state index is 13.4. The normalized spacial score (nSPS) is 10.3. The Bertz CT molecular complexity index is 503. The minimum atomic E-state index is -0.543. The highest BCUT2D eigenvalue weighted by Gasteiger charge is 2.07. The van der Waals surface area contributed by atoms with Crippen LogP contribution in [-0.2, 0) is 6.54 Å². The average molecular weight is 232 g/mol. The van der Waals surface area contributed by atoms with Gasteiger partial charge in [-0.25, -0.2) is 8.78 Å². The second-order valence-corrected chi connectivity index (χ2v) is 3.71. The minimum Gasteiger partial charge on any atom is -0.381 e. The van der Waals surface area contributed by atoms with E-state index < -0.39 is 11.6 Å². The molecular weight excluding hydrogens is 220 g/mol. The lowest BCUT2D eigenvalue weighted by Crippen LogP contribution is -2.05. The lowest BCUT2D eigenvalue weighted by Gasteiger charge is -2.10. The highest BCUT2D eigenvalue weighted by atomic mass is 19.1. The molecule has 2 rings (SSSR count). The van der Waals surface area contributed by atoms with Crippen molar-refractivity contribution in [2.45, 2.75) is 6.54 Å². The Morgan fingerprint density at radius 2 is 1.59 bits per heavy atom. The van der Waals surface area contributed by atoms with Crippen molar-refractivity contribution in [1.82, 2.24) is 0 Å². The van der Waals surface area contributed by atoms with Crippen molar-refractivity contribution >= 4 is 5.69 Å². The minimum absolute atomic E-state index is 0.0377. The third-order valence-electron chi connectivity index (χ3n) is 2.53. The molecular formula is C14H12F2N. The lowest BCUT2D eigenvalue weighted by molar-refractivity contribution is 0.560. The van der Waals surface area contributed by atoms with E-state index in [0.29, 0.717) is 0 Å². The van der Waals surface area contributed by atoms with Gasteiger partial charge in [-0.3, -0.25) is 0 Å². The smallest absolute Gasteiger partial charge is 0.131 e. The van der Waals surface area contributed by atoms with Gasteiger partial charge in [0.15, 0.2) is 0 Å². The van der Waals surface area contributed by atoms with E-state index in [-0.39, 0.29) is 12.1 Å². The Morgan fingerprint density at radius 3 is 2.24 bits per heavy atom. The summed E-state index contributed by atoms with van der Waals surface area (Å²) in [6, 6.07) is 11.2. The molecule has 1 radical (unpaired) electrons. The Balaban J connectivity index is 2.16. The Hall–Kier alpha value is -1.90. The number of halogens is 2. The molecule has 1 N–H and O–H groups in total. The van der Waals surface area contributed by atoms with Crippen LogP contribution in [0.15, 0.2) is 42.5 Å². The van der Waals surface area contributed by atoms with Gasteiger partial charge in [0.2, 0.25) is 0 Å². The van der Waals surface area contributed by atoms with Crippen molar-refractivity contribution in [2.75, 3.05) is 5.32 Å². The molecule has 0 aliphatic rings. The van der Waals surface area contributed by atoms with Crippen molar-refractivity contribution in [3.8, 4) is 0 Å². The van der Waals surface area contributed by atoms with E-state index in [1.165, 1.54) is 18.2 Å². The lowest BCUT2D eigenvalue weighted by atomic mass is 10.1. The van der Waals surface area contributed by atoms with Gasteiger partial charge in [0.05, 0.1) is 0 Å². The maximum Gasteiger partial charge on any atom is 0.131 e. The number of hydrogen-bond donors (Lipinski definition) is 1. The van der Waals surface area contributed by atoms with Gasteiger partial charge in [0.25, 0.3) is 0 Å². The summed E-state index contributed by atoms with van der Waals surface area (Å²) in [6.07, 6.45) is 0. The molecule has 2 aromatic carbocycles.